The zero-order valence-corrected chi connectivity index (χ0v) is 8.27. The van der Waals surface area contributed by atoms with Gasteiger partial charge in [-0.2, -0.15) is 0 Å². The van der Waals surface area contributed by atoms with Gasteiger partial charge in [0, 0.05) is 18.8 Å². The molecule has 0 aromatic carbocycles. The van der Waals surface area contributed by atoms with Crippen LogP contribution < -0.4 is 0 Å². The summed E-state index contributed by atoms with van der Waals surface area (Å²) in [7, 11) is 0. The van der Waals surface area contributed by atoms with E-state index in [-0.39, 0.29) is 0 Å². The Hall–Kier alpha value is -0.460. The first kappa shape index (κ1) is 8.15. The van der Waals surface area contributed by atoms with Crippen LogP contribution in [0.5, 0.6) is 0 Å². The monoisotopic (exact) mass is 165 g/mol. The highest BCUT2D eigenvalue weighted by atomic mass is 15.2. The number of hydrogen-bond donors (Lipinski definition) is 0. The maximum atomic E-state index is 2.58. The van der Waals surface area contributed by atoms with Crippen LogP contribution in [-0.4, -0.2) is 18.0 Å². The van der Waals surface area contributed by atoms with Crippen LogP contribution >= 0.6 is 0 Å². The zero-order valence-electron chi connectivity index (χ0n) is 8.27. The van der Waals surface area contributed by atoms with E-state index in [4.69, 9.17) is 0 Å². The molecule has 1 unspecified atom stereocenters. The molecule has 1 aliphatic heterocycles. The molecule has 1 nitrogen and oxygen atoms in total. The SMILES string of the molecule is CC1=C(N2CCC2)C(C)CCC1. The number of rotatable bonds is 1. The summed E-state index contributed by atoms with van der Waals surface area (Å²) in [6.07, 6.45) is 5.56. The van der Waals surface area contributed by atoms with E-state index in [0.29, 0.717) is 0 Å². The predicted molar refractivity (Wildman–Crippen MR) is 51.9 cm³/mol. The van der Waals surface area contributed by atoms with Crippen LogP contribution in [0.2, 0.25) is 0 Å². The first-order valence-electron chi connectivity index (χ1n) is 5.23. The number of likely N-dealkylation sites (tertiary alicyclic amines) is 1. The minimum absolute atomic E-state index is 0.832. The molecule has 0 aromatic rings. The van der Waals surface area contributed by atoms with Gasteiger partial charge in [-0.3, -0.25) is 0 Å². The summed E-state index contributed by atoms with van der Waals surface area (Å²) in [5, 5.41) is 0. The first-order valence-corrected chi connectivity index (χ1v) is 5.23. The minimum atomic E-state index is 0.832. The second kappa shape index (κ2) is 3.12. The molecule has 2 aliphatic rings. The summed E-state index contributed by atoms with van der Waals surface area (Å²) in [6, 6.07) is 0. The summed E-state index contributed by atoms with van der Waals surface area (Å²) in [5.41, 5.74) is 3.35. The van der Waals surface area contributed by atoms with Crippen molar-refractivity contribution < 1.29 is 0 Å². The van der Waals surface area contributed by atoms with Gasteiger partial charge in [0.2, 0.25) is 0 Å². The molecule has 1 heterocycles. The van der Waals surface area contributed by atoms with Crippen LogP contribution in [0.25, 0.3) is 0 Å². The quantitative estimate of drug-likeness (QED) is 0.577. The highest BCUT2D eigenvalue weighted by Crippen LogP contribution is 2.34. The van der Waals surface area contributed by atoms with Gasteiger partial charge in [0.25, 0.3) is 0 Å². The van der Waals surface area contributed by atoms with Gasteiger partial charge in [-0.25, -0.2) is 0 Å². The van der Waals surface area contributed by atoms with Gasteiger partial charge in [-0.1, -0.05) is 12.5 Å². The Balaban J connectivity index is 2.15. The molecule has 0 saturated carbocycles. The molecular formula is C11H19N. The molecule has 1 fully saturated rings. The largest absolute Gasteiger partial charge is 0.375 e. The average molecular weight is 165 g/mol. The third-order valence-corrected chi connectivity index (χ3v) is 3.29. The molecule has 0 aromatic heterocycles. The molecule has 12 heavy (non-hydrogen) atoms. The molecule has 1 atom stereocenters. The lowest BCUT2D eigenvalue weighted by atomic mass is 9.87. The molecule has 0 spiro atoms. The van der Waals surface area contributed by atoms with Crippen molar-refractivity contribution in [3.63, 3.8) is 0 Å². The summed E-state index contributed by atoms with van der Waals surface area (Å²) in [4.78, 5) is 2.58. The van der Waals surface area contributed by atoms with Gasteiger partial charge in [0.15, 0.2) is 0 Å². The zero-order chi connectivity index (χ0) is 8.55. The molecule has 68 valence electrons. The van der Waals surface area contributed by atoms with Crippen molar-refractivity contribution >= 4 is 0 Å². The van der Waals surface area contributed by atoms with Gasteiger partial charge in [0.05, 0.1) is 0 Å². The van der Waals surface area contributed by atoms with Crippen molar-refractivity contribution in [2.75, 3.05) is 13.1 Å². The highest BCUT2D eigenvalue weighted by Gasteiger charge is 2.25. The van der Waals surface area contributed by atoms with Gasteiger partial charge in [-0.05, 0) is 38.5 Å². The Morgan fingerprint density at radius 1 is 1.25 bits per heavy atom. The number of allylic oxidation sites excluding steroid dienone is 2. The van der Waals surface area contributed by atoms with Gasteiger partial charge in [0.1, 0.15) is 0 Å². The predicted octanol–water partition coefficient (Wildman–Crippen LogP) is 2.79. The summed E-state index contributed by atoms with van der Waals surface area (Å²) in [5.74, 6) is 0.832. The molecule has 2 rings (SSSR count). The van der Waals surface area contributed by atoms with E-state index in [9.17, 15) is 0 Å². The van der Waals surface area contributed by atoms with E-state index in [2.05, 4.69) is 18.7 Å². The number of nitrogens with zero attached hydrogens (tertiary/aromatic N) is 1. The van der Waals surface area contributed by atoms with Crippen LogP contribution in [0.3, 0.4) is 0 Å². The van der Waals surface area contributed by atoms with E-state index < -0.39 is 0 Å². The molecule has 0 N–H and O–H groups in total. The van der Waals surface area contributed by atoms with Crippen LogP contribution in [-0.2, 0) is 0 Å². The molecule has 1 saturated heterocycles. The lowest BCUT2D eigenvalue weighted by molar-refractivity contribution is 0.201. The van der Waals surface area contributed by atoms with Crippen molar-refractivity contribution in [3.8, 4) is 0 Å². The van der Waals surface area contributed by atoms with E-state index in [1.807, 2.05) is 0 Å². The highest BCUT2D eigenvalue weighted by molar-refractivity contribution is 5.18. The van der Waals surface area contributed by atoms with Gasteiger partial charge in [-0.15, -0.1) is 0 Å². The van der Waals surface area contributed by atoms with Gasteiger partial charge >= 0.3 is 0 Å². The third-order valence-electron chi connectivity index (χ3n) is 3.29. The lowest BCUT2D eigenvalue weighted by Gasteiger charge is -2.41. The third kappa shape index (κ3) is 1.26. The van der Waals surface area contributed by atoms with Gasteiger partial charge < -0.3 is 4.90 Å². The maximum absolute atomic E-state index is 2.58. The Bertz CT molecular complexity index is 201. The fourth-order valence-corrected chi connectivity index (χ4v) is 2.50. The molecular weight excluding hydrogens is 146 g/mol. The second-order valence-corrected chi connectivity index (χ2v) is 4.30. The smallest absolute Gasteiger partial charge is 0.0191 e. The Morgan fingerprint density at radius 2 is 2.00 bits per heavy atom. The summed E-state index contributed by atoms with van der Waals surface area (Å²) in [6.45, 7) is 7.34. The maximum Gasteiger partial charge on any atom is 0.0191 e. The molecule has 0 amide bonds. The fraction of sp³-hybridized carbons (Fsp3) is 0.818. The first-order chi connectivity index (χ1) is 5.79. The standard InChI is InChI=1S/C11H19N/c1-9-5-3-6-10(2)11(9)12-7-4-8-12/h9H,3-8H2,1-2H3. The van der Waals surface area contributed by atoms with Crippen molar-refractivity contribution in [2.45, 2.75) is 39.5 Å². The Labute approximate surface area is 75.4 Å². The molecule has 0 radical (unpaired) electrons. The Morgan fingerprint density at radius 3 is 2.50 bits per heavy atom. The normalized spacial score (nSPS) is 30.5. The van der Waals surface area contributed by atoms with Crippen LogP contribution in [0.1, 0.15) is 39.5 Å². The second-order valence-electron chi connectivity index (χ2n) is 4.30. The minimum Gasteiger partial charge on any atom is -0.375 e. The molecule has 1 aliphatic carbocycles. The summed E-state index contributed by atoms with van der Waals surface area (Å²) < 4.78 is 0. The van der Waals surface area contributed by atoms with Crippen molar-refractivity contribution in [2.24, 2.45) is 5.92 Å². The van der Waals surface area contributed by atoms with Crippen molar-refractivity contribution in [1.82, 2.24) is 4.90 Å². The summed E-state index contributed by atoms with van der Waals surface area (Å²) >= 11 is 0. The van der Waals surface area contributed by atoms with E-state index >= 15 is 0 Å². The fourth-order valence-electron chi connectivity index (χ4n) is 2.50. The number of hydrogen-bond acceptors (Lipinski definition) is 1. The van der Waals surface area contributed by atoms with E-state index in [1.165, 1.54) is 38.8 Å². The Kier molecular flexibility index (Phi) is 2.12. The average Bonchev–Trinajstić information content (AvgIpc) is 1.93. The van der Waals surface area contributed by atoms with Crippen LogP contribution in [0.4, 0.5) is 0 Å². The molecule has 0 bridgehead atoms. The van der Waals surface area contributed by atoms with Crippen molar-refractivity contribution in [1.29, 1.82) is 0 Å². The van der Waals surface area contributed by atoms with Crippen LogP contribution in [0.15, 0.2) is 11.3 Å². The van der Waals surface area contributed by atoms with Crippen molar-refractivity contribution in [3.05, 3.63) is 11.3 Å². The lowest BCUT2D eigenvalue weighted by Crippen LogP contribution is -2.39. The van der Waals surface area contributed by atoms with Crippen LogP contribution in [0, 0.1) is 5.92 Å². The topological polar surface area (TPSA) is 3.24 Å². The van der Waals surface area contributed by atoms with E-state index in [0.717, 1.165) is 5.92 Å². The molecule has 1 heteroatoms. The van der Waals surface area contributed by atoms with E-state index in [1.54, 1.807) is 11.3 Å².